The van der Waals surface area contributed by atoms with Gasteiger partial charge in [-0.1, -0.05) is 53.2 Å². The van der Waals surface area contributed by atoms with Gasteiger partial charge in [-0.3, -0.25) is 4.79 Å². The zero-order chi connectivity index (χ0) is 47.6. The molecule has 0 amide bonds. The van der Waals surface area contributed by atoms with Crippen molar-refractivity contribution in [2.75, 3.05) is 19.8 Å². The Hall–Kier alpha value is -1.43. The summed E-state index contributed by atoms with van der Waals surface area (Å²) in [7, 11) is 0. The third-order valence-electron chi connectivity index (χ3n) is 19.3. The Kier molecular flexibility index (Phi) is 13.4. The number of ether oxygens (including phenoxy) is 6. The van der Waals surface area contributed by atoms with E-state index in [2.05, 4.69) is 40.7 Å². The highest BCUT2D eigenvalue weighted by Gasteiger charge is 2.72. The van der Waals surface area contributed by atoms with Gasteiger partial charge in [0, 0.05) is 5.92 Å². The zero-order valence-electron chi connectivity index (χ0n) is 38.8. The molecule has 3 saturated heterocycles. The maximum absolute atomic E-state index is 15.0. The number of hydrogen-bond acceptors (Lipinski definition) is 18. The first-order valence-corrected chi connectivity index (χ1v) is 23.9. The molecule has 18 heteroatoms. The molecule has 24 unspecified atom stereocenters. The Labute approximate surface area is 380 Å². The van der Waals surface area contributed by atoms with Crippen molar-refractivity contribution in [1.29, 1.82) is 0 Å². The van der Waals surface area contributed by atoms with E-state index in [0.717, 1.165) is 31.3 Å². The number of hydrogen-bond donors (Lipinski definition) is 11. The van der Waals surface area contributed by atoms with Gasteiger partial charge >= 0.3 is 5.97 Å². The van der Waals surface area contributed by atoms with E-state index < -0.39 is 128 Å². The van der Waals surface area contributed by atoms with Gasteiger partial charge in [-0.05, 0) is 104 Å². The highest BCUT2D eigenvalue weighted by Crippen LogP contribution is 2.76. The number of esters is 1. The third-order valence-corrected chi connectivity index (χ3v) is 19.3. The first-order valence-electron chi connectivity index (χ1n) is 23.9. The normalized spacial score (nSPS) is 55.4. The topological polar surface area (TPSA) is 295 Å². The molecule has 4 saturated carbocycles. The molecule has 0 spiro atoms. The summed E-state index contributed by atoms with van der Waals surface area (Å²) in [5.41, 5.74) is -2.67. The lowest BCUT2D eigenvalue weighted by atomic mass is 9.33. The molecular weight excluding hydrogens is 852 g/mol. The second kappa shape index (κ2) is 17.5. The Morgan fingerprint density at radius 1 is 0.708 bits per heavy atom. The second-order valence-corrected chi connectivity index (χ2v) is 22.7. The molecule has 0 radical (unpaired) electrons. The van der Waals surface area contributed by atoms with Crippen LogP contribution in [0.2, 0.25) is 0 Å². The van der Waals surface area contributed by atoms with Crippen LogP contribution < -0.4 is 0 Å². The van der Waals surface area contributed by atoms with Crippen LogP contribution in [-0.2, 0) is 33.2 Å². The standard InChI is InChI=1S/C47H76O18/c1-21-10-15-47(41(58)65-40-36(57)33(54)31(52)25(63-40)20-61-38-35(56)32(53)30(51)24(18-48)62-38)17-16-44(5)22(37(47)46(21,7)59)8-9-27-43(4)13-12-28(42(2,3)26(43)11-14-45(27,44)6)64-39-34(55)29(50)23(49)19-60-39/h8,21,23-40,48-57,59H,9-20H2,1-7H3. The third kappa shape index (κ3) is 7.62. The summed E-state index contributed by atoms with van der Waals surface area (Å²) in [6.07, 6.45) is -13.6. The van der Waals surface area contributed by atoms with Crippen molar-refractivity contribution < 1.29 is 89.4 Å². The SMILES string of the molecule is CC1CCC2(C(=O)OC3OC(COC4OC(CO)C(O)C(O)C4O)C(O)C(O)C3O)CCC3(C)C(=CCC4C5(C)CCC(OC6OCC(O)C(O)C6O)C(C)(C)C5CCC43C)C2C1(C)O. The van der Waals surface area contributed by atoms with Gasteiger partial charge < -0.3 is 84.6 Å². The van der Waals surface area contributed by atoms with Crippen LogP contribution in [0.25, 0.3) is 0 Å². The summed E-state index contributed by atoms with van der Waals surface area (Å²) in [5, 5.41) is 117. The highest BCUT2D eigenvalue weighted by atomic mass is 16.7. The minimum atomic E-state index is -1.86. The molecule has 8 aliphatic rings. The van der Waals surface area contributed by atoms with Crippen LogP contribution in [0.3, 0.4) is 0 Å². The summed E-state index contributed by atoms with van der Waals surface area (Å²) < 4.78 is 35.2. The van der Waals surface area contributed by atoms with Crippen molar-refractivity contribution in [1.82, 2.24) is 0 Å². The molecular formula is C47H76O18. The molecule has 3 heterocycles. The van der Waals surface area contributed by atoms with E-state index in [9.17, 15) is 56.2 Å². The van der Waals surface area contributed by atoms with Crippen molar-refractivity contribution >= 4 is 5.97 Å². The molecule has 0 bridgehead atoms. The zero-order valence-corrected chi connectivity index (χ0v) is 38.8. The van der Waals surface area contributed by atoms with Crippen molar-refractivity contribution in [2.45, 2.75) is 204 Å². The van der Waals surface area contributed by atoms with Gasteiger partial charge in [0.15, 0.2) is 12.6 Å². The van der Waals surface area contributed by atoms with E-state index in [1.165, 1.54) is 0 Å². The monoisotopic (exact) mass is 929 g/mol. The van der Waals surface area contributed by atoms with Crippen molar-refractivity contribution in [2.24, 2.45) is 50.7 Å². The molecule has 65 heavy (non-hydrogen) atoms. The summed E-state index contributed by atoms with van der Waals surface area (Å²) in [6.45, 7) is 13.9. The van der Waals surface area contributed by atoms with Crippen LogP contribution in [0.15, 0.2) is 11.6 Å². The molecule has 3 aliphatic heterocycles. The van der Waals surface area contributed by atoms with Crippen LogP contribution >= 0.6 is 0 Å². The van der Waals surface area contributed by atoms with Gasteiger partial charge in [0.1, 0.15) is 67.1 Å². The minimum Gasteiger partial charge on any atom is -0.432 e. The summed E-state index contributed by atoms with van der Waals surface area (Å²) in [5.74, 6) is -1.07. The number of aliphatic hydroxyl groups is 11. The van der Waals surface area contributed by atoms with E-state index >= 15 is 4.79 Å². The van der Waals surface area contributed by atoms with E-state index in [1.54, 1.807) is 6.92 Å². The van der Waals surface area contributed by atoms with Crippen molar-refractivity contribution in [3.05, 3.63) is 11.6 Å². The molecule has 11 N–H and O–H groups in total. The fraction of sp³-hybridized carbons (Fsp3) is 0.936. The van der Waals surface area contributed by atoms with E-state index in [-0.39, 0.29) is 46.7 Å². The second-order valence-electron chi connectivity index (χ2n) is 22.7. The van der Waals surface area contributed by atoms with Crippen molar-refractivity contribution in [3.8, 4) is 0 Å². The molecule has 372 valence electrons. The van der Waals surface area contributed by atoms with Gasteiger partial charge in [-0.25, -0.2) is 0 Å². The number of carbonyl (C=O) groups excluding carboxylic acids is 1. The maximum Gasteiger partial charge on any atom is 0.315 e. The lowest BCUT2D eigenvalue weighted by molar-refractivity contribution is -0.329. The Morgan fingerprint density at radius 2 is 1.34 bits per heavy atom. The fourth-order valence-corrected chi connectivity index (χ4v) is 14.9. The number of rotatable bonds is 8. The first-order chi connectivity index (χ1) is 30.3. The average molecular weight is 929 g/mol. The van der Waals surface area contributed by atoms with Crippen LogP contribution in [0.4, 0.5) is 0 Å². The van der Waals surface area contributed by atoms with E-state index in [0.29, 0.717) is 32.1 Å². The Bertz CT molecular complexity index is 1780. The van der Waals surface area contributed by atoms with Crippen LogP contribution in [0.1, 0.15) is 106 Å². The average Bonchev–Trinajstić information content (AvgIpc) is 3.25. The van der Waals surface area contributed by atoms with Gasteiger partial charge in [0.2, 0.25) is 6.29 Å². The summed E-state index contributed by atoms with van der Waals surface area (Å²) >= 11 is 0. The Morgan fingerprint density at radius 3 is 2.02 bits per heavy atom. The predicted molar refractivity (Wildman–Crippen MR) is 226 cm³/mol. The van der Waals surface area contributed by atoms with Crippen LogP contribution in [0, 0.1) is 50.7 Å². The molecule has 7 fully saturated rings. The quantitative estimate of drug-likeness (QED) is 0.0850. The van der Waals surface area contributed by atoms with Crippen molar-refractivity contribution in [3.63, 3.8) is 0 Å². The Balaban J connectivity index is 1.03. The largest absolute Gasteiger partial charge is 0.432 e. The minimum absolute atomic E-state index is 0.123. The van der Waals surface area contributed by atoms with Gasteiger partial charge in [0.05, 0.1) is 36.9 Å². The number of fused-ring (bicyclic) bond motifs is 7. The first kappa shape index (κ1) is 50.0. The molecule has 0 aromatic heterocycles. The fourth-order valence-electron chi connectivity index (χ4n) is 14.9. The number of aliphatic hydroxyl groups excluding tert-OH is 10. The smallest absolute Gasteiger partial charge is 0.315 e. The molecule has 24 atom stereocenters. The van der Waals surface area contributed by atoms with E-state index in [4.69, 9.17) is 28.4 Å². The van der Waals surface area contributed by atoms with Crippen LogP contribution in [-0.4, -0.2) is 180 Å². The molecule has 5 aliphatic carbocycles. The van der Waals surface area contributed by atoms with Crippen LogP contribution in [0.5, 0.6) is 0 Å². The molecule has 8 rings (SSSR count). The summed E-state index contributed by atoms with van der Waals surface area (Å²) in [6, 6.07) is 0. The highest BCUT2D eigenvalue weighted by molar-refractivity contribution is 5.79. The summed E-state index contributed by atoms with van der Waals surface area (Å²) in [4.78, 5) is 15.0. The molecule has 0 aromatic carbocycles. The number of carbonyl (C=O) groups is 1. The lowest BCUT2D eigenvalue weighted by Gasteiger charge is -2.72. The maximum atomic E-state index is 15.0. The van der Waals surface area contributed by atoms with Gasteiger partial charge in [0.25, 0.3) is 0 Å². The molecule has 18 nitrogen and oxygen atoms in total. The van der Waals surface area contributed by atoms with Gasteiger partial charge in [-0.15, -0.1) is 0 Å². The number of allylic oxidation sites excluding steroid dienone is 1. The predicted octanol–water partition coefficient (Wildman–Crippen LogP) is -0.250. The van der Waals surface area contributed by atoms with Gasteiger partial charge in [-0.2, -0.15) is 0 Å². The lowest BCUT2D eigenvalue weighted by Crippen LogP contribution is -2.68. The van der Waals surface area contributed by atoms with E-state index in [1.807, 2.05) is 6.92 Å². The molecule has 0 aromatic rings.